The molecule has 4 nitrogen and oxygen atoms in total. The normalized spacial score (nSPS) is 32.5. The Bertz CT molecular complexity index is 225. The van der Waals surface area contributed by atoms with Crippen molar-refractivity contribution >= 4 is 10.0 Å². The third-order valence-corrected chi connectivity index (χ3v) is 2.62. The Morgan fingerprint density at radius 3 is 2.45 bits per heavy atom. The fourth-order valence-corrected chi connectivity index (χ4v) is 2.25. The molecule has 0 bridgehead atoms. The molecule has 1 fully saturated rings. The van der Waals surface area contributed by atoms with Crippen LogP contribution in [0.5, 0.6) is 0 Å². The van der Waals surface area contributed by atoms with Crippen LogP contribution in [-0.2, 0) is 10.0 Å². The Kier molecular flexibility index (Phi) is 2.51. The first kappa shape index (κ1) is 8.96. The summed E-state index contributed by atoms with van der Waals surface area (Å²) >= 11 is 0. The summed E-state index contributed by atoms with van der Waals surface area (Å²) in [5.41, 5.74) is 5.61. The van der Waals surface area contributed by atoms with Crippen molar-refractivity contribution in [2.24, 2.45) is 5.73 Å². The van der Waals surface area contributed by atoms with Crippen molar-refractivity contribution in [3.05, 3.63) is 0 Å². The predicted molar refractivity (Wildman–Crippen MR) is 43.6 cm³/mol. The van der Waals surface area contributed by atoms with Crippen LogP contribution in [0.25, 0.3) is 0 Å². The zero-order valence-electron chi connectivity index (χ0n) is 6.58. The van der Waals surface area contributed by atoms with Gasteiger partial charge >= 0.3 is 0 Å². The zero-order chi connectivity index (χ0) is 8.48. The lowest BCUT2D eigenvalue weighted by atomic mass is 10.2. The number of nitrogens with two attached hydrogens (primary N) is 1. The van der Waals surface area contributed by atoms with Gasteiger partial charge in [0.1, 0.15) is 0 Å². The summed E-state index contributed by atoms with van der Waals surface area (Å²) in [5.74, 6) is 0. The Balaban J connectivity index is 2.41. The summed E-state index contributed by atoms with van der Waals surface area (Å²) in [6, 6.07) is 0.245. The largest absolute Gasteiger partial charge is 0.328 e. The molecule has 2 atom stereocenters. The van der Waals surface area contributed by atoms with Crippen molar-refractivity contribution < 1.29 is 8.42 Å². The molecule has 1 aliphatic carbocycles. The first-order valence-electron chi connectivity index (χ1n) is 3.70. The first-order chi connectivity index (χ1) is 4.97. The summed E-state index contributed by atoms with van der Waals surface area (Å²) in [6.45, 7) is 0. The van der Waals surface area contributed by atoms with Crippen LogP contribution < -0.4 is 10.5 Å². The Hall–Kier alpha value is -0.130. The van der Waals surface area contributed by atoms with Gasteiger partial charge in [0.05, 0.1) is 6.26 Å². The summed E-state index contributed by atoms with van der Waals surface area (Å²) in [4.78, 5) is 0. The maximum Gasteiger partial charge on any atom is 0.208 e. The molecule has 0 saturated heterocycles. The van der Waals surface area contributed by atoms with Gasteiger partial charge in [-0.15, -0.1) is 0 Å². The van der Waals surface area contributed by atoms with Gasteiger partial charge in [-0.05, 0) is 19.3 Å². The molecule has 1 saturated carbocycles. The minimum atomic E-state index is -3.04. The highest BCUT2D eigenvalue weighted by molar-refractivity contribution is 7.88. The van der Waals surface area contributed by atoms with E-state index in [9.17, 15) is 8.42 Å². The molecule has 5 heteroatoms. The molecule has 0 spiro atoms. The molecule has 66 valence electrons. The predicted octanol–water partition coefficient (Wildman–Crippen LogP) is -0.585. The molecule has 11 heavy (non-hydrogen) atoms. The van der Waals surface area contributed by atoms with Crippen molar-refractivity contribution in [2.75, 3.05) is 6.26 Å². The number of hydrogen-bond donors (Lipinski definition) is 2. The average molecular weight is 178 g/mol. The highest BCUT2D eigenvalue weighted by Gasteiger charge is 2.23. The van der Waals surface area contributed by atoms with Crippen molar-refractivity contribution in [1.82, 2.24) is 4.72 Å². The van der Waals surface area contributed by atoms with Gasteiger partial charge in [-0.25, -0.2) is 13.1 Å². The van der Waals surface area contributed by atoms with Crippen molar-refractivity contribution in [1.29, 1.82) is 0 Å². The van der Waals surface area contributed by atoms with Crippen LogP contribution in [0.4, 0.5) is 0 Å². The molecule has 1 aliphatic rings. The number of nitrogens with one attached hydrogen (secondary N) is 1. The monoisotopic (exact) mass is 178 g/mol. The van der Waals surface area contributed by atoms with Crippen molar-refractivity contribution in [3.8, 4) is 0 Å². The van der Waals surface area contributed by atoms with Crippen LogP contribution in [0, 0.1) is 0 Å². The van der Waals surface area contributed by atoms with Crippen molar-refractivity contribution in [2.45, 2.75) is 31.3 Å². The summed E-state index contributed by atoms with van der Waals surface area (Å²) in [5, 5.41) is 0. The Labute approximate surface area is 67.2 Å². The molecule has 0 aromatic heterocycles. The second kappa shape index (κ2) is 3.08. The van der Waals surface area contributed by atoms with E-state index in [0.29, 0.717) is 0 Å². The lowest BCUT2D eigenvalue weighted by molar-refractivity contribution is 0.554. The van der Waals surface area contributed by atoms with E-state index in [1.54, 1.807) is 0 Å². The fraction of sp³-hybridized carbons (Fsp3) is 1.00. The van der Waals surface area contributed by atoms with Gasteiger partial charge in [0.2, 0.25) is 10.0 Å². The molecule has 2 unspecified atom stereocenters. The van der Waals surface area contributed by atoms with Gasteiger partial charge < -0.3 is 5.73 Å². The van der Waals surface area contributed by atoms with E-state index in [1.807, 2.05) is 0 Å². The zero-order valence-corrected chi connectivity index (χ0v) is 7.39. The van der Waals surface area contributed by atoms with Crippen LogP contribution in [0.2, 0.25) is 0 Å². The highest BCUT2D eigenvalue weighted by atomic mass is 32.2. The Morgan fingerprint density at radius 1 is 1.45 bits per heavy atom. The third-order valence-electron chi connectivity index (χ3n) is 1.85. The first-order valence-corrected chi connectivity index (χ1v) is 5.59. The molecular weight excluding hydrogens is 164 g/mol. The topological polar surface area (TPSA) is 72.2 Å². The van der Waals surface area contributed by atoms with E-state index in [0.717, 1.165) is 19.3 Å². The standard InChI is InChI=1S/C6H14N2O2S/c1-11(9,10)8-6-3-2-5(7)4-6/h5-6,8H,2-4,7H2,1H3. The van der Waals surface area contributed by atoms with E-state index >= 15 is 0 Å². The van der Waals surface area contributed by atoms with E-state index in [1.165, 1.54) is 6.26 Å². The minimum Gasteiger partial charge on any atom is -0.328 e. The van der Waals surface area contributed by atoms with Crippen molar-refractivity contribution in [3.63, 3.8) is 0 Å². The van der Waals surface area contributed by atoms with Gasteiger partial charge in [-0.3, -0.25) is 0 Å². The van der Waals surface area contributed by atoms with Crippen LogP contribution in [0.1, 0.15) is 19.3 Å². The lowest BCUT2D eigenvalue weighted by Crippen LogP contribution is -2.33. The van der Waals surface area contributed by atoms with E-state index in [-0.39, 0.29) is 12.1 Å². The fourth-order valence-electron chi connectivity index (χ4n) is 1.43. The molecule has 0 aromatic rings. The Morgan fingerprint density at radius 2 is 2.09 bits per heavy atom. The summed E-state index contributed by atoms with van der Waals surface area (Å²) in [7, 11) is -3.04. The quantitative estimate of drug-likeness (QED) is 0.594. The van der Waals surface area contributed by atoms with E-state index < -0.39 is 10.0 Å². The second-order valence-electron chi connectivity index (χ2n) is 3.16. The SMILES string of the molecule is CS(=O)(=O)NC1CCC(N)C1. The molecular formula is C6H14N2O2S. The van der Waals surface area contributed by atoms with Gasteiger partial charge in [-0.1, -0.05) is 0 Å². The molecule has 0 aliphatic heterocycles. The van der Waals surface area contributed by atoms with Gasteiger partial charge in [-0.2, -0.15) is 0 Å². The van der Waals surface area contributed by atoms with E-state index in [4.69, 9.17) is 5.73 Å². The van der Waals surface area contributed by atoms with E-state index in [2.05, 4.69) is 4.72 Å². The van der Waals surface area contributed by atoms with Crippen LogP contribution in [-0.4, -0.2) is 26.8 Å². The third kappa shape index (κ3) is 3.18. The van der Waals surface area contributed by atoms with Crippen LogP contribution >= 0.6 is 0 Å². The maximum absolute atomic E-state index is 10.7. The summed E-state index contributed by atoms with van der Waals surface area (Å²) < 4.78 is 24.0. The van der Waals surface area contributed by atoms with Crippen LogP contribution in [0.15, 0.2) is 0 Å². The minimum absolute atomic E-state index is 0.0694. The maximum atomic E-state index is 10.7. The molecule has 0 radical (unpaired) electrons. The smallest absolute Gasteiger partial charge is 0.208 e. The van der Waals surface area contributed by atoms with Crippen LogP contribution in [0.3, 0.4) is 0 Å². The molecule has 0 heterocycles. The summed E-state index contributed by atoms with van der Waals surface area (Å²) in [6.07, 6.45) is 3.74. The molecule has 1 rings (SSSR count). The van der Waals surface area contributed by atoms with Gasteiger partial charge in [0.15, 0.2) is 0 Å². The number of sulfonamides is 1. The lowest BCUT2D eigenvalue weighted by Gasteiger charge is -2.08. The molecule has 0 amide bonds. The average Bonchev–Trinajstić information content (AvgIpc) is 2.10. The second-order valence-corrected chi connectivity index (χ2v) is 4.94. The molecule has 3 N–H and O–H groups in total. The van der Waals surface area contributed by atoms with Gasteiger partial charge in [0, 0.05) is 12.1 Å². The van der Waals surface area contributed by atoms with Gasteiger partial charge in [0.25, 0.3) is 0 Å². The highest BCUT2D eigenvalue weighted by Crippen LogP contribution is 2.17. The number of hydrogen-bond acceptors (Lipinski definition) is 3. The molecule has 0 aromatic carbocycles. The number of rotatable bonds is 2.